The second kappa shape index (κ2) is 7.25. The molecule has 2 heteroatoms. The molecule has 2 nitrogen and oxygen atoms in total. The maximum atomic E-state index is 6.85. The maximum absolute atomic E-state index is 6.85. The van der Waals surface area contributed by atoms with Gasteiger partial charge in [0.1, 0.15) is 5.60 Å². The van der Waals surface area contributed by atoms with Crippen molar-refractivity contribution in [1.82, 2.24) is 0 Å². The second-order valence-electron chi connectivity index (χ2n) is 11.3. The Labute approximate surface area is 166 Å². The van der Waals surface area contributed by atoms with Crippen LogP contribution in [0.1, 0.15) is 98.3 Å². The van der Waals surface area contributed by atoms with E-state index in [1.165, 1.54) is 69.1 Å². The summed E-state index contributed by atoms with van der Waals surface area (Å²) in [6.07, 6.45) is 18.4. The summed E-state index contributed by atoms with van der Waals surface area (Å²) in [5.41, 5.74) is 2.05. The van der Waals surface area contributed by atoms with E-state index in [0.717, 1.165) is 31.3 Å². The lowest BCUT2D eigenvalue weighted by Gasteiger charge is -2.51. The lowest BCUT2D eigenvalue weighted by molar-refractivity contribution is -0.115. The zero-order chi connectivity index (χ0) is 19.1. The Hall–Kier alpha value is -0.760. The average molecular weight is 373 g/mol. The third-order valence-corrected chi connectivity index (χ3v) is 7.41. The van der Waals surface area contributed by atoms with Gasteiger partial charge in [0.05, 0.1) is 18.0 Å². The van der Waals surface area contributed by atoms with E-state index in [2.05, 4.69) is 39.8 Å². The molecule has 0 amide bonds. The van der Waals surface area contributed by atoms with Crippen molar-refractivity contribution in [3.05, 3.63) is 23.5 Å². The summed E-state index contributed by atoms with van der Waals surface area (Å²) in [4.78, 5) is 0. The molecule has 0 bridgehead atoms. The molecule has 3 atom stereocenters. The van der Waals surface area contributed by atoms with Crippen LogP contribution in [0.15, 0.2) is 23.5 Å². The molecule has 4 aliphatic rings. The first kappa shape index (κ1) is 19.6. The number of hydrogen-bond acceptors (Lipinski definition) is 2. The molecule has 2 aliphatic carbocycles. The van der Waals surface area contributed by atoms with Gasteiger partial charge in [0.15, 0.2) is 0 Å². The molecule has 2 saturated carbocycles. The lowest BCUT2D eigenvalue weighted by atomic mass is 9.63. The van der Waals surface area contributed by atoms with E-state index in [9.17, 15) is 0 Å². The van der Waals surface area contributed by atoms with Crippen LogP contribution in [0.4, 0.5) is 0 Å². The SMILES string of the molecule is CC1CC(=CC2=CCOC3(CCCCC3)C2)OC2(C1)CC(C)CC(C)(C)C2. The van der Waals surface area contributed by atoms with Crippen molar-refractivity contribution in [1.29, 1.82) is 0 Å². The van der Waals surface area contributed by atoms with Crippen LogP contribution in [0, 0.1) is 17.3 Å². The van der Waals surface area contributed by atoms with E-state index in [4.69, 9.17) is 9.47 Å². The molecule has 0 radical (unpaired) electrons. The molecule has 3 unspecified atom stereocenters. The van der Waals surface area contributed by atoms with Gasteiger partial charge in [-0.15, -0.1) is 0 Å². The molecule has 1 saturated heterocycles. The van der Waals surface area contributed by atoms with E-state index in [1.807, 2.05) is 0 Å². The van der Waals surface area contributed by atoms with Crippen molar-refractivity contribution >= 4 is 0 Å². The van der Waals surface area contributed by atoms with Gasteiger partial charge in [-0.2, -0.15) is 0 Å². The minimum atomic E-state index is 0.0684. The monoisotopic (exact) mass is 372 g/mol. The Kier molecular flexibility index (Phi) is 5.25. The van der Waals surface area contributed by atoms with Gasteiger partial charge < -0.3 is 9.47 Å². The van der Waals surface area contributed by atoms with Crippen LogP contribution in [-0.4, -0.2) is 17.8 Å². The standard InChI is InChI=1S/C25H40O2/c1-19-12-22(27-25(15-19)16-20(2)14-23(3,4)18-25)13-21-8-11-26-24(17-21)9-6-5-7-10-24/h8,13,19-20H,5-7,9-12,14-18H2,1-4H3. The molecule has 3 fully saturated rings. The van der Waals surface area contributed by atoms with Gasteiger partial charge in [-0.1, -0.05) is 53.0 Å². The normalized spacial score (nSPS) is 40.0. The summed E-state index contributed by atoms with van der Waals surface area (Å²) in [5.74, 6) is 2.72. The average Bonchev–Trinajstić information content (AvgIpc) is 2.52. The highest BCUT2D eigenvalue weighted by atomic mass is 16.5. The van der Waals surface area contributed by atoms with Gasteiger partial charge in [0, 0.05) is 12.8 Å². The topological polar surface area (TPSA) is 18.5 Å². The summed E-state index contributed by atoms with van der Waals surface area (Å²) in [6.45, 7) is 10.5. The fourth-order valence-electron chi connectivity index (χ4n) is 7.06. The van der Waals surface area contributed by atoms with Crippen LogP contribution in [0.3, 0.4) is 0 Å². The van der Waals surface area contributed by atoms with Gasteiger partial charge in [-0.3, -0.25) is 0 Å². The summed E-state index contributed by atoms with van der Waals surface area (Å²) < 4.78 is 13.1. The van der Waals surface area contributed by atoms with Crippen LogP contribution in [-0.2, 0) is 9.47 Å². The largest absolute Gasteiger partial charge is 0.492 e. The molecule has 0 aromatic carbocycles. The maximum Gasteiger partial charge on any atom is 0.110 e. The molecule has 2 heterocycles. The Morgan fingerprint density at radius 2 is 1.70 bits per heavy atom. The first-order chi connectivity index (χ1) is 12.8. The molecule has 152 valence electrons. The van der Waals surface area contributed by atoms with E-state index in [0.29, 0.717) is 5.41 Å². The zero-order valence-electron chi connectivity index (χ0n) is 18.1. The molecule has 2 aliphatic heterocycles. The highest BCUT2D eigenvalue weighted by Crippen LogP contribution is 2.52. The van der Waals surface area contributed by atoms with Crippen LogP contribution >= 0.6 is 0 Å². The number of allylic oxidation sites excluding steroid dienone is 2. The van der Waals surface area contributed by atoms with Gasteiger partial charge in [0.25, 0.3) is 0 Å². The smallest absolute Gasteiger partial charge is 0.110 e. The molecule has 4 rings (SSSR count). The van der Waals surface area contributed by atoms with Gasteiger partial charge in [-0.25, -0.2) is 0 Å². The number of rotatable bonds is 1. The van der Waals surface area contributed by atoms with E-state index >= 15 is 0 Å². The van der Waals surface area contributed by atoms with Crippen LogP contribution in [0.25, 0.3) is 0 Å². The highest BCUT2D eigenvalue weighted by molar-refractivity contribution is 5.27. The first-order valence-corrected chi connectivity index (χ1v) is 11.5. The van der Waals surface area contributed by atoms with Gasteiger partial charge in [-0.05, 0) is 67.4 Å². The lowest BCUT2D eigenvalue weighted by Crippen LogP contribution is -2.47. The Morgan fingerprint density at radius 1 is 0.963 bits per heavy atom. The number of ether oxygens (including phenoxy) is 2. The molecule has 0 aromatic heterocycles. The first-order valence-electron chi connectivity index (χ1n) is 11.5. The fourth-order valence-corrected chi connectivity index (χ4v) is 7.06. The van der Waals surface area contributed by atoms with Crippen LogP contribution in [0.2, 0.25) is 0 Å². The van der Waals surface area contributed by atoms with E-state index < -0.39 is 0 Å². The minimum Gasteiger partial charge on any atom is -0.492 e. The molecular formula is C25H40O2. The number of hydrogen-bond donors (Lipinski definition) is 0. The van der Waals surface area contributed by atoms with Crippen molar-refractivity contribution < 1.29 is 9.47 Å². The van der Waals surface area contributed by atoms with Crippen molar-refractivity contribution in [2.75, 3.05) is 6.61 Å². The van der Waals surface area contributed by atoms with E-state index in [-0.39, 0.29) is 11.2 Å². The predicted octanol–water partition coefficient (Wildman–Crippen LogP) is 6.95. The predicted molar refractivity (Wildman–Crippen MR) is 112 cm³/mol. The third-order valence-electron chi connectivity index (χ3n) is 7.41. The Morgan fingerprint density at radius 3 is 2.44 bits per heavy atom. The van der Waals surface area contributed by atoms with Crippen molar-refractivity contribution in [3.8, 4) is 0 Å². The summed E-state index contributed by atoms with van der Waals surface area (Å²) >= 11 is 0. The molecule has 2 spiro atoms. The minimum absolute atomic E-state index is 0.0684. The Bertz CT molecular complexity index is 604. The molecule has 0 N–H and O–H groups in total. The van der Waals surface area contributed by atoms with Gasteiger partial charge in [0.2, 0.25) is 0 Å². The fraction of sp³-hybridized carbons (Fsp3) is 0.840. The second-order valence-corrected chi connectivity index (χ2v) is 11.3. The summed E-state index contributed by atoms with van der Waals surface area (Å²) in [5, 5.41) is 0. The highest BCUT2D eigenvalue weighted by Gasteiger charge is 2.47. The Balaban J connectivity index is 1.52. The summed E-state index contributed by atoms with van der Waals surface area (Å²) in [6, 6.07) is 0. The quantitative estimate of drug-likeness (QED) is 0.496. The van der Waals surface area contributed by atoms with Crippen LogP contribution in [0.5, 0.6) is 0 Å². The third kappa shape index (κ3) is 4.47. The van der Waals surface area contributed by atoms with Gasteiger partial charge >= 0.3 is 0 Å². The van der Waals surface area contributed by atoms with Crippen molar-refractivity contribution in [3.63, 3.8) is 0 Å². The van der Waals surface area contributed by atoms with Crippen molar-refractivity contribution in [2.45, 2.75) is 110 Å². The summed E-state index contributed by atoms with van der Waals surface area (Å²) in [7, 11) is 0. The zero-order valence-corrected chi connectivity index (χ0v) is 18.1. The van der Waals surface area contributed by atoms with Crippen molar-refractivity contribution in [2.24, 2.45) is 17.3 Å². The van der Waals surface area contributed by atoms with E-state index in [1.54, 1.807) is 0 Å². The van der Waals surface area contributed by atoms with Crippen LogP contribution < -0.4 is 0 Å². The molecule has 0 aromatic rings. The molecular weight excluding hydrogens is 332 g/mol. The molecule has 27 heavy (non-hydrogen) atoms.